The third-order valence-corrected chi connectivity index (χ3v) is 11.0. The van der Waals surface area contributed by atoms with Crippen molar-refractivity contribution in [1.82, 2.24) is 29.8 Å². The average molecular weight is 721 g/mol. The van der Waals surface area contributed by atoms with Crippen LogP contribution in [-0.4, -0.2) is 109 Å². The van der Waals surface area contributed by atoms with E-state index in [0.717, 1.165) is 100 Å². The van der Waals surface area contributed by atoms with Gasteiger partial charge in [-0.25, -0.2) is 18.4 Å². The first-order valence-electron chi connectivity index (χ1n) is 19.0. The van der Waals surface area contributed by atoms with Crippen LogP contribution in [0.25, 0.3) is 0 Å². The van der Waals surface area contributed by atoms with E-state index < -0.39 is 0 Å². The third kappa shape index (κ3) is 8.39. The highest BCUT2D eigenvalue weighted by Crippen LogP contribution is 2.37. The summed E-state index contributed by atoms with van der Waals surface area (Å²) in [5.41, 5.74) is 6.75. The van der Waals surface area contributed by atoms with E-state index in [4.69, 9.17) is 0 Å². The molecule has 0 radical (unpaired) electrons. The first kappa shape index (κ1) is 36.6. The van der Waals surface area contributed by atoms with Crippen molar-refractivity contribution in [1.29, 1.82) is 0 Å². The predicted molar refractivity (Wildman–Crippen MR) is 204 cm³/mol. The van der Waals surface area contributed by atoms with Crippen LogP contribution in [0.1, 0.15) is 58.3 Å². The number of halogens is 2. The standard InChI is InChI=1S/C22H26FN3O.C21H24FN3O/c1-24-12-4-13-25(16-15-24)22(27)26-14-11-17-5-2-3-6-20(17)21(26)18-7-9-19(23)10-8-18;22-18-8-6-17(7-9-18)20-19-5-2-1-4-16(19)10-14-25(20)21(26)24-13-3-11-23-12-15-24/h2-3,5-10,21H,4,11-16H2,1H3;1-2,4-9,20,23H,3,10-15H2/t21-;20-/m00/s1. The molecule has 0 aliphatic carbocycles. The Labute approximate surface area is 312 Å². The van der Waals surface area contributed by atoms with E-state index in [2.05, 4.69) is 41.5 Å². The molecule has 4 aromatic carbocycles. The molecule has 0 saturated carbocycles. The summed E-state index contributed by atoms with van der Waals surface area (Å²) in [4.78, 5) is 36.9. The lowest BCUT2D eigenvalue weighted by Crippen LogP contribution is -2.49. The number of amides is 4. The number of urea groups is 2. The van der Waals surface area contributed by atoms with Gasteiger partial charge in [0.2, 0.25) is 0 Å². The fourth-order valence-corrected chi connectivity index (χ4v) is 8.19. The topological polar surface area (TPSA) is 62.4 Å². The second kappa shape index (κ2) is 16.9. The quantitative estimate of drug-likeness (QED) is 0.250. The van der Waals surface area contributed by atoms with E-state index >= 15 is 0 Å². The zero-order valence-corrected chi connectivity index (χ0v) is 30.6. The van der Waals surface area contributed by atoms with Crippen LogP contribution in [0.15, 0.2) is 97.1 Å². The van der Waals surface area contributed by atoms with Gasteiger partial charge in [0.05, 0.1) is 12.1 Å². The van der Waals surface area contributed by atoms with Crippen LogP contribution >= 0.6 is 0 Å². The number of rotatable bonds is 2. The highest BCUT2D eigenvalue weighted by atomic mass is 19.1. The van der Waals surface area contributed by atoms with Crippen molar-refractivity contribution in [2.24, 2.45) is 0 Å². The van der Waals surface area contributed by atoms with Crippen LogP contribution in [0.4, 0.5) is 18.4 Å². The molecule has 53 heavy (non-hydrogen) atoms. The lowest BCUT2D eigenvalue weighted by Gasteiger charge is -2.40. The summed E-state index contributed by atoms with van der Waals surface area (Å²) in [7, 11) is 2.10. The molecule has 1 N–H and O–H groups in total. The molecular weight excluding hydrogens is 671 g/mol. The molecule has 2 saturated heterocycles. The van der Waals surface area contributed by atoms with Gasteiger partial charge >= 0.3 is 12.1 Å². The highest BCUT2D eigenvalue weighted by Gasteiger charge is 2.36. The number of carbonyl (C=O) groups excluding carboxylic acids is 2. The first-order chi connectivity index (χ1) is 25.9. The van der Waals surface area contributed by atoms with Gasteiger partial charge in [-0.05, 0) is 103 Å². The lowest BCUT2D eigenvalue weighted by molar-refractivity contribution is 0.138. The molecule has 4 aliphatic heterocycles. The number of likely N-dealkylation sites (N-methyl/N-ethyl adjacent to an activating group) is 1. The van der Waals surface area contributed by atoms with Crippen molar-refractivity contribution in [2.45, 2.75) is 37.8 Å². The summed E-state index contributed by atoms with van der Waals surface area (Å²) in [5, 5.41) is 3.35. The number of nitrogens with one attached hydrogen (secondary N) is 1. The molecule has 4 heterocycles. The molecule has 4 amide bonds. The van der Waals surface area contributed by atoms with Gasteiger partial charge < -0.3 is 29.8 Å². The Kier molecular flexibility index (Phi) is 11.7. The van der Waals surface area contributed by atoms with Gasteiger partial charge in [0.15, 0.2) is 0 Å². The van der Waals surface area contributed by atoms with Gasteiger partial charge in [-0.1, -0.05) is 72.8 Å². The lowest BCUT2D eigenvalue weighted by atomic mass is 9.88. The molecule has 2 fully saturated rings. The summed E-state index contributed by atoms with van der Waals surface area (Å²) in [6, 6.07) is 29.5. The van der Waals surface area contributed by atoms with Crippen LogP contribution in [0.2, 0.25) is 0 Å². The largest absolute Gasteiger partial charge is 0.323 e. The van der Waals surface area contributed by atoms with Crippen molar-refractivity contribution in [3.05, 3.63) is 142 Å². The molecule has 278 valence electrons. The minimum absolute atomic E-state index is 0.0810. The fraction of sp³-hybridized carbons (Fsp3) is 0.395. The summed E-state index contributed by atoms with van der Waals surface area (Å²) < 4.78 is 26.9. The van der Waals surface area contributed by atoms with Gasteiger partial charge in [-0.3, -0.25) is 0 Å². The minimum Gasteiger partial charge on any atom is -0.323 e. The molecule has 0 unspecified atom stereocenters. The Morgan fingerprint density at radius 3 is 1.58 bits per heavy atom. The second-order valence-corrected chi connectivity index (χ2v) is 14.5. The number of nitrogens with zero attached hydrogens (tertiary/aromatic N) is 5. The molecule has 0 spiro atoms. The predicted octanol–water partition coefficient (Wildman–Crippen LogP) is 6.72. The van der Waals surface area contributed by atoms with Crippen molar-refractivity contribution in [3.63, 3.8) is 0 Å². The first-order valence-corrected chi connectivity index (χ1v) is 19.0. The molecule has 2 atom stereocenters. The third-order valence-electron chi connectivity index (χ3n) is 11.0. The van der Waals surface area contributed by atoms with Gasteiger partial charge in [-0.15, -0.1) is 0 Å². The van der Waals surface area contributed by atoms with E-state index in [1.54, 1.807) is 24.3 Å². The molecule has 8 nitrogen and oxygen atoms in total. The average Bonchev–Trinajstić information content (AvgIpc) is 3.61. The molecule has 0 aromatic heterocycles. The Morgan fingerprint density at radius 2 is 1.04 bits per heavy atom. The summed E-state index contributed by atoms with van der Waals surface area (Å²) in [5.74, 6) is -0.509. The molecule has 10 heteroatoms. The van der Waals surface area contributed by atoms with Crippen LogP contribution < -0.4 is 5.32 Å². The summed E-state index contributed by atoms with van der Waals surface area (Å²) in [6.07, 6.45) is 3.67. The molecular formula is C43H50F2N6O2. The van der Waals surface area contributed by atoms with Crippen molar-refractivity contribution >= 4 is 12.1 Å². The molecule has 0 bridgehead atoms. The summed E-state index contributed by atoms with van der Waals surface area (Å²) >= 11 is 0. The van der Waals surface area contributed by atoms with Gasteiger partial charge in [-0.2, -0.15) is 0 Å². The van der Waals surface area contributed by atoms with Crippen molar-refractivity contribution in [2.75, 3.05) is 72.5 Å². The van der Waals surface area contributed by atoms with Crippen LogP contribution in [0.5, 0.6) is 0 Å². The Balaban J connectivity index is 0.000000164. The van der Waals surface area contributed by atoms with Crippen LogP contribution in [0, 0.1) is 11.6 Å². The van der Waals surface area contributed by atoms with E-state index in [-0.39, 0.29) is 35.8 Å². The SMILES string of the molecule is CN1CCCN(C(=O)N2CCc3ccccc3[C@@H]2c2ccc(F)cc2)CC1.O=C(N1CCCNCC1)N1CCc2ccccc2[C@@H]1c1ccc(F)cc1. The fourth-order valence-electron chi connectivity index (χ4n) is 8.19. The number of benzene rings is 4. The molecule has 4 aromatic rings. The maximum Gasteiger partial charge on any atom is 0.320 e. The summed E-state index contributed by atoms with van der Waals surface area (Å²) in [6.45, 7) is 8.12. The highest BCUT2D eigenvalue weighted by molar-refractivity contribution is 5.77. The van der Waals surface area contributed by atoms with E-state index in [9.17, 15) is 18.4 Å². The van der Waals surface area contributed by atoms with E-state index in [1.165, 1.54) is 35.4 Å². The number of hydrogen-bond acceptors (Lipinski definition) is 4. The zero-order valence-electron chi connectivity index (χ0n) is 30.6. The smallest absolute Gasteiger partial charge is 0.320 e. The zero-order chi connectivity index (χ0) is 36.7. The number of carbonyl (C=O) groups is 2. The Bertz CT molecular complexity index is 1850. The monoisotopic (exact) mass is 720 g/mol. The van der Waals surface area contributed by atoms with E-state index in [1.807, 2.05) is 43.9 Å². The number of fused-ring (bicyclic) bond motifs is 2. The van der Waals surface area contributed by atoms with Crippen molar-refractivity contribution in [3.8, 4) is 0 Å². The van der Waals surface area contributed by atoms with Crippen molar-refractivity contribution < 1.29 is 18.4 Å². The molecule has 4 aliphatic rings. The second-order valence-electron chi connectivity index (χ2n) is 14.5. The van der Waals surface area contributed by atoms with Gasteiger partial charge in [0.1, 0.15) is 11.6 Å². The van der Waals surface area contributed by atoms with Crippen LogP contribution in [0.3, 0.4) is 0 Å². The molecule has 8 rings (SSSR count). The van der Waals surface area contributed by atoms with Crippen LogP contribution in [-0.2, 0) is 12.8 Å². The van der Waals surface area contributed by atoms with Gasteiger partial charge in [0, 0.05) is 52.4 Å². The normalized spacial score (nSPS) is 20.7. The maximum atomic E-state index is 13.5. The van der Waals surface area contributed by atoms with E-state index in [0.29, 0.717) is 13.1 Å². The van der Waals surface area contributed by atoms with Gasteiger partial charge in [0.25, 0.3) is 0 Å². The Morgan fingerprint density at radius 1 is 0.547 bits per heavy atom. The number of hydrogen-bond donors (Lipinski definition) is 1. The Hall–Kier alpha value is -4.80. The maximum absolute atomic E-state index is 13.5. The minimum atomic E-state index is -0.255.